The van der Waals surface area contributed by atoms with Gasteiger partial charge in [-0.3, -0.25) is 4.79 Å². The molecule has 186 valence electrons. The first-order valence-electron chi connectivity index (χ1n) is 12.2. The van der Waals surface area contributed by atoms with Crippen LogP contribution in [0, 0.1) is 5.92 Å². The van der Waals surface area contributed by atoms with Crippen molar-refractivity contribution in [1.29, 1.82) is 0 Å². The fourth-order valence-corrected chi connectivity index (χ4v) is 4.48. The third-order valence-electron chi connectivity index (χ3n) is 6.09. The van der Waals surface area contributed by atoms with E-state index in [0.717, 1.165) is 62.0 Å². The lowest BCUT2D eigenvalue weighted by Gasteiger charge is -2.34. The average Bonchev–Trinajstić information content (AvgIpc) is 3.71. The highest BCUT2D eigenvalue weighted by Crippen LogP contribution is 2.32. The summed E-state index contributed by atoms with van der Waals surface area (Å²) >= 11 is 1.45. The molecular formula is C25H34N8OS. The Labute approximate surface area is 211 Å². The minimum Gasteiger partial charge on any atom is -0.402 e. The Kier molecular flexibility index (Phi) is 8.25. The normalized spacial score (nSPS) is 17.5. The van der Waals surface area contributed by atoms with Crippen LogP contribution in [0.4, 0.5) is 17.3 Å². The van der Waals surface area contributed by atoms with E-state index >= 15 is 0 Å². The minimum absolute atomic E-state index is 0.0995. The van der Waals surface area contributed by atoms with Crippen LogP contribution < -0.4 is 21.7 Å². The molecule has 1 aliphatic heterocycles. The predicted molar refractivity (Wildman–Crippen MR) is 142 cm³/mol. The quantitative estimate of drug-likeness (QED) is 0.275. The van der Waals surface area contributed by atoms with Gasteiger partial charge in [-0.15, -0.1) is 0 Å². The number of piperazine rings is 1. The molecule has 2 heterocycles. The topological polar surface area (TPSA) is 126 Å². The van der Waals surface area contributed by atoms with E-state index in [2.05, 4.69) is 32.0 Å². The van der Waals surface area contributed by atoms with Crippen molar-refractivity contribution >= 4 is 40.8 Å². The van der Waals surface area contributed by atoms with E-state index in [4.69, 9.17) is 16.5 Å². The van der Waals surface area contributed by atoms with Crippen molar-refractivity contribution in [3.8, 4) is 0 Å². The van der Waals surface area contributed by atoms with Crippen molar-refractivity contribution in [3.63, 3.8) is 0 Å². The maximum Gasteiger partial charge on any atom is 0.227 e. The molecule has 5 N–H and O–H groups in total. The van der Waals surface area contributed by atoms with Crippen LogP contribution in [0.1, 0.15) is 33.1 Å². The second kappa shape index (κ2) is 11.5. The Morgan fingerprint density at radius 2 is 1.86 bits per heavy atom. The number of aromatic nitrogens is 2. The van der Waals surface area contributed by atoms with Gasteiger partial charge in [-0.2, -0.15) is 0 Å². The van der Waals surface area contributed by atoms with Gasteiger partial charge in [0.2, 0.25) is 5.91 Å². The lowest BCUT2D eigenvalue weighted by atomic mass is 10.3. The van der Waals surface area contributed by atoms with Crippen LogP contribution in [0.5, 0.6) is 0 Å². The molecule has 1 saturated heterocycles. The number of likely N-dealkylation sites (N-methyl/N-ethyl adjacent to an activating group) is 1. The summed E-state index contributed by atoms with van der Waals surface area (Å²) in [7, 11) is 0. The van der Waals surface area contributed by atoms with Gasteiger partial charge in [-0.25, -0.2) is 15.0 Å². The first-order valence-corrected chi connectivity index (χ1v) is 13.0. The highest BCUT2D eigenvalue weighted by atomic mass is 32.2. The monoisotopic (exact) mass is 494 g/mol. The van der Waals surface area contributed by atoms with Gasteiger partial charge < -0.3 is 26.6 Å². The highest BCUT2D eigenvalue weighted by Gasteiger charge is 2.29. The summed E-state index contributed by atoms with van der Waals surface area (Å²) < 4.78 is 0. The van der Waals surface area contributed by atoms with Crippen LogP contribution in [0.3, 0.4) is 0 Å². The number of nitrogens with zero attached hydrogens (tertiary/aromatic N) is 5. The van der Waals surface area contributed by atoms with E-state index in [1.807, 2.05) is 37.3 Å². The third-order valence-corrected chi connectivity index (χ3v) is 6.96. The SMILES string of the molecule is CC/C(N)=C/C(N)=N/c1cc(N2CCN(CC)CC2)nc(Sc2ccc(NC(=O)C3CC3)cc2)n1. The molecule has 0 atom stereocenters. The summed E-state index contributed by atoms with van der Waals surface area (Å²) in [5.41, 5.74) is 13.5. The average molecular weight is 495 g/mol. The van der Waals surface area contributed by atoms with Gasteiger partial charge in [0.05, 0.1) is 0 Å². The second-order valence-corrected chi connectivity index (χ2v) is 9.83. The number of aliphatic imine (C=N–C) groups is 1. The zero-order chi connectivity index (χ0) is 24.8. The van der Waals surface area contributed by atoms with Crippen molar-refractivity contribution in [2.24, 2.45) is 22.4 Å². The molecule has 0 radical (unpaired) electrons. The number of anilines is 2. The molecule has 1 aliphatic carbocycles. The van der Waals surface area contributed by atoms with Gasteiger partial charge in [0.1, 0.15) is 11.7 Å². The Hall–Kier alpha value is -3.11. The molecule has 2 aromatic rings. The van der Waals surface area contributed by atoms with E-state index in [1.54, 1.807) is 6.08 Å². The molecule has 0 spiro atoms. The molecule has 35 heavy (non-hydrogen) atoms. The zero-order valence-electron chi connectivity index (χ0n) is 20.4. The largest absolute Gasteiger partial charge is 0.402 e. The third kappa shape index (κ3) is 7.19. The van der Waals surface area contributed by atoms with E-state index in [0.29, 0.717) is 28.9 Å². The zero-order valence-corrected chi connectivity index (χ0v) is 21.2. The summed E-state index contributed by atoms with van der Waals surface area (Å²) in [6, 6.07) is 9.62. The van der Waals surface area contributed by atoms with E-state index in [-0.39, 0.29) is 11.8 Å². The van der Waals surface area contributed by atoms with E-state index in [1.165, 1.54) is 11.8 Å². The number of hydrogen-bond acceptors (Lipinski definition) is 8. The van der Waals surface area contributed by atoms with Crippen LogP contribution in [-0.2, 0) is 4.79 Å². The molecule has 1 amide bonds. The number of carbonyl (C=O) groups is 1. The van der Waals surface area contributed by atoms with Gasteiger partial charge in [0, 0.05) is 54.4 Å². The maximum atomic E-state index is 12.0. The molecule has 9 nitrogen and oxygen atoms in total. The second-order valence-electron chi connectivity index (χ2n) is 8.79. The van der Waals surface area contributed by atoms with Gasteiger partial charge in [-0.1, -0.05) is 13.8 Å². The summed E-state index contributed by atoms with van der Waals surface area (Å²) in [5.74, 6) is 1.93. The lowest BCUT2D eigenvalue weighted by molar-refractivity contribution is -0.117. The first-order chi connectivity index (χ1) is 16.9. The molecule has 0 bridgehead atoms. The van der Waals surface area contributed by atoms with Gasteiger partial charge in [0.15, 0.2) is 11.0 Å². The molecule has 1 saturated carbocycles. The Morgan fingerprint density at radius 1 is 1.14 bits per heavy atom. The summed E-state index contributed by atoms with van der Waals surface area (Å²) in [4.78, 5) is 31.6. The number of carbonyl (C=O) groups excluding carboxylic acids is 1. The Morgan fingerprint density at radius 3 is 2.49 bits per heavy atom. The fraction of sp³-hybridized carbons (Fsp3) is 0.440. The van der Waals surface area contributed by atoms with Crippen molar-refractivity contribution in [3.05, 3.63) is 42.1 Å². The van der Waals surface area contributed by atoms with Crippen molar-refractivity contribution in [1.82, 2.24) is 14.9 Å². The molecule has 4 rings (SSSR count). The number of nitrogens with one attached hydrogen (secondary N) is 1. The highest BCUT2D eigenvalue weighted by molar-refractivity contribution is 7.99. The molecular weight excluding hydrogens is 460 g/mol. The molecule has 1 aromatic heterocycles. The van der Waals surface area contributed by atoms with Crippen molar-refractivity contribution in [2.45, 2.75) is 43.2 Å². The number of allylic oxidation sites excluding steroid dienone is 1. The summed E-state index contributed by atoms with van der Waals surface area (Å²) in [5, 5.41) is 3.56. The number of amidine groups is 1. The van der Waals surface area contributed by atoms with Crippen LogP contribution in [0.15, 0.2) is 57.1 Å². The molecule has 10 heteroatoms. The standard InChI is InChI=1S/C25H34N8OS/c1-3-18(26)15-21(27)29-22-16-23(33-13-11-32(4-2)12-14-33)31-25(30-22)35-20-9-7-19(8-10-20)28-24(34)17-5-6-17/h7-10,15-17H,3-6,11-14,26H2,1-2H3,(H,28,34)(H2,27,29,30,31)/b18-15-. The summed E-state index contributed by atoms with van der Waals surface area (Å²) in [6.45, 7) is 8.98. The van der Waals surface area contributed by atoms with Crippen LogP contribution in [-0.4, -0.2) is 59.3 Å². The molecule has 2 aliphatic rings. The van der Waals surface area contributed by atoms with E-state index < -0.39 is 0 Å². The lowest BCUT2D eigenvalue weighted by Crippen LogP contribution is -2.46. The molecule has 0 unspecified atom stereocenters. The van der Waals surface area contributed by atoms with Crippen molar-refractivity contribution < 1.29 is 4.79 Å². The number of nitrogens with two attached hydrogens (primary N) is 2. The maximum absolute atomic E-state index is 12.0. The van der Waals surface area contributed by atoms with Gasteiger partial charge in [-0.05, 0) is 67.9 Å². The van der Waals surface area contributed by atoms with Crippen LogP contribution in [0.25, 0.3) is 0 Å². The number of benzene rings is 1. The van der Waals surface area contributed by atoms with E-state index in [9.17, 15) is 4.79 Å². The number of rotatable bonds is 9. The van der Waals surface area contributed by atoms with Crippen molar-refractivity contribution in [2.75, 3.05) is 42.9 Å². The molecule has 2 fully saturated rings. The van der Waals surface area contributed by atoms with Crippen LogP contribution >= 0.6 is 11.8 Å². The number of amides is 1. The molecule has 1 aromatic carbocycles. The Balaban J connectivity index is 1.55. The van der Waals surface area contributed by atoms with Gasteiger partial charge >= 0.3 is 0 Å². The predicted octanol–water partition coefficient (Wildman–Crippen LogP) is 3.36. The number of hydrogen-bond donors (Lipinski definition) is 3. The summed E-state index contributed by atoms with van der Waals surface area (Å²) in [6.07, 6.45) is 4.34. The van der Waals surface area contributed by atoms with Gasteiger partial charge in [0.25, 0.3) is 0 Å². The minimum atomic E-state index is 0.0995. The van der Waals surface area contributed by atoms with Crippen LogP contribution in [0.2, 0.25) is 0 Å². The Bertz CT molecular complexity index is 1090. The first kappa shape index (κ1) is 25.0. The fourth-order valence-electron chi connectivity index (χ4n) is 3.72. The smallest absolute Gasteiger partial charge is 0.227 e.